The molecule has 1 aromatic carbocycles. The maximum Gasteiger partial charge on any atom is 0.417 e. The number of nitrogens with one attached hydrogen (secondary N) is 2. The summed E-state index contributed by atoms with van der Waals surface area (Å²) in [5.41, 5.74) is 0.123. The third kappa shape index (κ3) is 5.95. The summed E-state index contributed by atoms with van der Waals surface area (Å²) in [6.45, 7) is 6.15. The molecule has 0 aliphatic heterocycles. The SMILES string of the molecule is CCN(CC)C(C(=O)NCCNc1ccc(C(F)(F)F)cn1)c1ccccc1. The van der Waals surface area contributed by atoms with E-state index in [9.17, 15) is 18.0 Å². The van der Waals surface area contributed by atoms with Crippen LogP contribution >= 0.6 is 0 Å². The molecule has 0 saturated heterocycles. The van der Waals surface area contributed by atoms with E-state index in [2.05, 4.69) is 20.5 Å². The Hall–Kier alpha value is -2.61. The van der Waals surface area contributed by atoms with Gasteiger partial charge in [0.05, 0.1) is 5.56 Å². The molecule has 0 bridgehead atoms. The van der Waals surface area contributed by atoms with Crippen LogP contribution in [0.5, 0.6) is 0 Å². The summed E-state index contributed by atoms with van der Waals surface area (Å²) in [6.07, 6.45) is -3.62. The maximum atomic E-state index is 12.7. The molecule has 0 aliphatic carbocycles. The lowest BCUT2D eigenvalue weighted by Gasteiger charge is -2.29. The first-order valence-corrected chi connectivity index (χ1v) is 9.20. The average Bonchev–Trinajstić information content (AvgIpc) is 2.69. The van der Waals surface area contributed by atoms with Gasteiger partial charge in [-0.25, -0.2) is 4.98 Å². The molecule has 152 valence electrons. The number of hydrogen-bond acceptors (Lipinski definition) is 4. The topological polar surface area (TPSA) is 57.3 Å². The van der Waals surface area contributed by atoms with Gasteiger partial charge in [-0.15, -0.1) is 0 Å². The van der Waals surface area contributed by atoms with Crippen LogP contribution in [-0.4, -0.2) is 42.0 Å². The monoisotopic (exact) mass is 394 g/mol. The third-order valence-electron chi connectivity index (χ3n) is 4.36. The first-order valence-electron chi connectivity index (χ1n) is 9.20. The van der Waals surface area contributed by atoms with Crippen LogP contribution < -0.4 is 10.6 Å². The molecule has 2 rings (SSSR count). The molecular formula is C20H25F3N4O. The van der Waals surface area contributed by atoms with Crippen LogP contribution in [0.2, 0.25) is 0 Å². The van der Waals surface area contributed by atoms with Crippen molar-refractivity contribution in [3.05, 3.63) is 59.8 Å². The number of halogens is 3. The van der Waals surface area contributed by atoms with Gasteiger partial charge >= 0.3 is 6.18 Å². The van der Waals surface area contributed by atoms with Crippen molar-refractivity contribution in [1.82, 2.24) is 15.2 Å². The van der Waals surface area contributed by atoms with E-state index in [-0.39, 0.29) is 11.9 Å². The number of carbonyl (C=O) groups excluding carboxylic acids is 1. The Labute approximate surface area is 163 Å². The van der Waals surface area contributed by atoms with Gasteiger partial charge in [0.15, 0.2) is 0 Å². The van der Waals surface area contributed by atoms with Gasteiger partial charge in [0.1, 0.15) is 11.9 Å². The minimum Gasteiger partial charge on any atom is -0.368 e. The molecule has 1 unspecified atom stereocenters. The second-order valence-electron chi connectivity index (χ2n) is 6.18. The van der Waals surface area contributed by atoms with Crippen molar-refractivity contribution < 1.29 is 18.0 Å². The molecule has 2 aromatic rings. The van der Waals surface area contributed by atoms with Crippen LogP contribution in [0, 0.1) is 0 Å². The van der Waals surface area contributed by atoms with Gasteiger partial charge < -0.3 is 10.6 Å². The molecule has 1 aromatic heterocycles. The summed E-state index contributed by atoms with van der Waals surface area (Å²) in [7, 11) is 0. The van der Waals surface area contributed by atoms with Crippen molar-refractivity contribution in [1.29, 1.82) is 0 Å². The lowest BCUT2D eigenvalue weighted by molar-refractivity contribution is -0.137. The number of hydrogen-bond donors (Lipinski definition) is 2. The van der Waals surface area contributed by atoms with Crippen molar-refractivity contribution >= 4 is 11.7 Å². The molecule has 0 saturated carbocycles. The summed E-state index contributed by atoms with van der Waals surface area (Å²) in [6, 6.07) is 11.4. The summed E-state index contributed by atoms with van der Waals surface area (Å²) in [4.78, 5) is 18.6. The van der Waals surface area contributed by atoms with Crippen LogP contribution in [0.15, 0.2) is 48.7 Å². The van der Waals surface area contributed by atoms with E-state index in [1.165, 1.54) is 6.07 Å². The van der Waals surface area contributed by atoms with Gasteiger partial charge in [0.2, 0.25) is 5.91 Å². The summed E-state index contributed by atoms with van der Waals surface area (Å²) in [5.74, 6) is 0.211. The number of benzene rings is 1. The number of likely N-dealkylation sites (N-methyl/N-ethyl adjacent to an activating group) is 1. The maximum absolute atomic E-state index is 12.7. The molecule has 2 N–H and O–H groups in total. The number of rotatable bonds is 9. The smallest absolute Gasteiger partial charge is 0.368 e. The molecule has 5 nitrogen and oxygen atoms in total. The molecule has 0 radical (unpaired) electrons. The van der Waals surface area contributed by atoms with Gasteiger partial charge in [0.25, 0.3) is 0 Å². The van der Waals surface area contributed by atoms with E-state index in [0.717, 1.165) is 30.9 Å². The summed E-state index contributed by atoms with van der Waals surface area (Å²) >= 11 is 0. The number of pyridine rings is 1. The van der Waals surface area contributed by atoms with E-state index in [0.29, 0.717) is 18.9 Å². The Morgan fingerprint density at radius 1 is 1.07 bits per heavy atom. The van der Waals surface area contributed by atoms with Crippen molar-refractivity contribution in [2.24, 2.45) is 0 Å². The molecule has 0 fully saturated rings. The van der Waals surface area contributed by atoms with Crippen LogP contribution in [0.4, 0.5) is 19.0 Å². The predicted octanol–water partition coefficient (Wildman–Crippen LogP) is 3.71. The standard InChI is InChI=1S/C20H25F3N4O/c1-3-27(4-2)18(15-8-6-5-7-9-15)19(28)25-13-12-24-17-11-10-16(14-26-17)20(21,22)23/h5-11,14,18H,3-4,12-13H2,1-2H3,(H,24,26)(H,25,28). The highest BCUT2D eigenvalue weighted by Crippen LogP contribution is 2.28. The molecule has 1 atom stereocenters. The van der Waals surface area contributed by atoms with Crippen LogP contribution in [0.1, 0.15) is 31.0 Å². The Kier molecular flexibility index (Phi) is 7.80. The van der Waals surface area contributed by atoms with Crippen molar-refractivity contribution in [2.75, 3.05) is 31.5 Å². The van der Waals surface area contributed by atoms with Crippen molar-refractivity contribution in [3.8, 4) is 0 Å². The molecular weight excluding hydrogens is 369 g/mol. The molecule has 0 aliphatic rings. The van der Waals surface area contributed by atoms with Crippen LogP contribution in [-0.2, 0) is 11.0 Å². The normalized spacial score (nSPS) is 12.6. The van der Waals surface area contributed by atoms with E-state index in [4.69, 9.17) is 0 Å². The highest BCUT2D eigenvalue weighted by atomic mass is 19.4. The zero-order chi connectivity index (χ0) is 20.6. The second kappa shape index (κ2) is 10.1. The lowest BCUT2D eigenvalue weighted by atomic mass is 10.0. The Balaban J connectivity index is 1.90. The highest BCUT2D eigenvalue weighted by Gasteiger charge is 2.30. The molecule has 1 amide bonds. The molecule has 1 heterocycles. The van der Waals surface area contributed by atoms with Crippen LogP contribution in [0.25, 0.3) is 0 Å². The van der Waals surface area contributed by atoms with E-state index >= 15 is 0 Å². The summed E-state index contributed by atoms with van der Waals surface area (Å²) < 4.78 is 37.6. The largest absolute Gasteiger partial charge is 0.417 e. The van der Waals surface area contributed by atoms with Crippen molar-refractivity contribution in [2.45, 2.75) is 26.1 Å². The lowest BCUT2D eigenvalue weighted by Crippen LogP contribution is -2.41. The number of amides is 1. The fraction of sp³-hybridized carbons (Fsp3) is 0.400. The zero-order valence-corrected chi connectivity index (χ0v) is 16.0. The first-order chi connectivity index (χ1) is 13.4. The Bertz CT molecular complexity index is 731. The van der Waals surface area contributed by atoms with Crippen molar-refractivity contribution in [3.63, 3.8) is 0 Å². The summed E-state index contributed by atoms with van der Waals surface area (Å²) in [5, 5.41) is 5.79. The number of alkyl halides is 3. The van der Waals surface area contributed by atoms with E-state index < -0.39 is 11.7 Å². The number of anilines is 1. The molecule has 0 spiro atoms. The minimum atomic E-state index is -4.41. The van der Waals surface area contributed by atoms with Gasteiger partial charge in [0, 0.05) is 19.3 Å². The average molecular weight is 394 g/mol. The molecule has 28 heavy (non-hydrogen) atoms. The Morgan fingerprint density at radius 2 is 1.75 bits per heavy atom. The van der Waals surface area contributed by atoms with Gasteiger partial charge in [-0.05, 0) is 30.8 Å². The fourth-order valence-electron chi connectivity index (χ4n) is 2.89. The third-order valence-corrected chi connectivity index (χ3v) is 4.36. The minimum absolute atomic E-state index is 0.114. The molecule has 8 heteroatoms. The zero-order valence-electron chi connectivity index (χ0n) is 16.0. The number of carbonyl (C=O) groups is 1. The van der Waals surface area contributed by atoms with Gasteiger partial charge in [-0.1, -0.05) is 44.2 Å². The predicted molar refractivity (Wildman–Crippen MR) is 103 cm³/mol. The first kappa shape index (κ1) is 21.7. The van der Waals surface area contributed by atoms with E-state index in [1.807, 2.05) is 44.2 Å². The number of nitrogens with zero attached hydrogens (tertiary/aromatic N) is 2. The number of aromatic nitrogens is 1. The fourth-order valence-corrected chi connectivity index (χ4v) is 2.89. The van der Waals surface area contributed by atoms with Gasteiger partial charge in [-0.2, -0.15) is 13.2 Å². The highest BCUT2D eigenvalue weighted by molar-refractivity contribution is 5.83. The van der Waals surface area contributed by atoms with Crippen LogP contribution in [0.3, 0.4) is 0 Å². The quantitative estimate of drug-likeness (QED) is 0.637. The second-order valence-corrected chi connectivity index (χ2v) is 6.18. The van der Waals surface area contributed by atoms with Gasteiger partial charge in [-0.3, -0.25) is 9.69 Å². The Morgan fingerprint density at radius 3 is 2.29 bits per heavy atom. The van der Waals surface area contributed by atoms with E-state index in [1.54, 1.807) is 0 Å².